The van der Waals surface area contributed by atoms with E-state index in [-0.39, 0.29) is 0 Å². The Bertz CT molecular complexity index is 568. The molecule has 2 aromatic rings. The molecule has 0 aliphatic heterocycles. The van der Waals surface area contributed by atoms with Gasteiger partial charge in [-0.15, -0.1) is 0 Å². The molecule has 6 heteroatoms. The molecule has 0 unspecified atom stereocenters. The molecule has 1 aromatic carbocycles. The molecule has 2 N–H and O–H groups in total. The summed E-state index contributed by atoms with van der Waals surface area (Å²) in [6, 6.07) is 7.06. The maximum Gasteiger partial charge on any atom is 0.243 e. The van der Waals surface area contributed by atoms with E-state index in [2.05, 4.69) is 20.9 Å². The normalized spacial score (nSPS) is 10.1. The summed E-state index contributed by atoms with van der Waals surface area (Å²) in [7, 11) is 3.11. The molecule has 0 spiro atoms. The summed E-state index contributed by atoms with van der Waals surface area (Å²) in [6.45, 7) is 0. The third-order valence-corrected chi connectivity index (χ3v) is 2.86. The topological polar surface area (TPSA) is 66.6 Å². The van der Waals surface area contributed by atoms with Gasteiger partial charge in [0.2, 0.25) is 11.6 Å². The number of hydrogen-bond donors (Lipinski definition) is 1. The number of hydrogen-bond acceptors (Lipinski definition) is 5. The second-order valence-corrected chi connectivity index (χ2v) is 4.56. The van der Waals surface area contributed by atoms with Crippen LogP contribution in [0.3, 0.4) is 0 Å². The average molecular weight is 325 g/mol. The molecule has 0 amide bonds. The summed E-state index contributed by atoms with van der Waals surface area (Å²) in [5.74, 6) is 1.83. The van der Waals surface area contributed by atoms with Crippen LogP contribution in [0.5, 0.6) is 23.1 Å². The predicted molar refractivity (Wildman–Crippen MR) is 76.0 cm³/mol. The molecular formula is C13H13BrN2O3. The molecule has 0 radical (unpaired) electrons. The second-order valence-electron chi connectivity index (χ2n) is 3.64. The first-order valence-corrected chi connectivity index (χ1v) is 6.25. The number of pyridine rings is 1. The molecule has 100 valence electrons. The van der Waals surface area contributed by atoms with Crippen LogP contribution in [0.25, 0.3) is 0 Å². The van der Waals surface area contributed by atoms with Crippen molar-refractivity contribution in [2.45, 2.75) is 0 Å². The van der Waals surface area contributed by atoms with Gasteiger partial charge in [-0.1, -0.05) is 6.07 Å². The lowest BCUT2D eigenvalue weighted by atomic mass is 10.3. The van der Waals surface area contributed by atoms with Crippen LogP contribution < -0.4 is 19.9 Å². The van der Waals surface area contributed by atoms with Crippen LogP contribution in [0, 0.1) is 0 Å². The van der Waals surface area contributed by atoms with E-state index in [1.54, 1.807) is 38.6 Å². The number of nitrogens with zero attached hydrogens (tertiary/aromatic N) is 1. The van der Waals surface area contributed by atoms with Crippen molar-refractivity contribution in [2.24, 2.45) is 0 Å². The van der Waals surface area contributed by atoms with Gasteiger partial charge < -0.3 is 19.9 Å². The van der Waals surface area contributed by atoms with Crippen molar-refractivity contribution in [3.63, 3.8) is 0 Å². The van der Waals surface area contributed by atoms with Crippen LogP contribution in [0.4, 0.5) is 5.69 Å². The smallest absolute Gasteiger partial charge is 0.243 e. The number of aromatic nitrogens is 1. The maximum absolute atomic E-state index is 5.85. The molecule has 0 aliphatic rings. The Morgan fingerprint density at radius 1 is 1.16 bits per heavy atom. The van der Waals surface area contributed by atoms with Crippen LogP contribution >= 0.6 is 15.9 Å². The summed E-state index contributed by atoms with van der Waals surface area (Å²) in [5.41, 5.74) is 6.27. The fraction of sp³-hybridized carbons (Fsp3) is 0.154. The number of ether oxygens (including phenoxy) is 3. The number of methoxy groups -OCH3 is 2. The molecule has 1 aromatic heterocycles. The van der Waals surface area contributed by atoms with Gasteiger partial charge in [0.15, 0.2) is 11.5 Å². The van der Waals surface area contributed by atoms with E-state index in [0.29, 0.717) is 28.8 Å². The first-order chi connectivity index (χ1) is 9.15. The summed E-state index contributed by atoms with van der Waals surface area (Å²) in [5, 5.41) is 0. The van der Waals surface area contributed by atoms with Gasteiger partial charge in [0.25, 0.3) is 0 Å². The van der Waals surface area contributed by atoms with Gasteiger partial charge in [-0.05, 0) is 34.1 Å². The molecular weight excluding hydrogens is 312 g/mol. The van der Waals surface area contributed by atoms with Crippen molar-refractivity contribution in [1.82, 2.24) is 4.98 Å². The number of benzene rings is 1. The zero-order valence-electron chi connectivity index (χ0n) is 10.5. The van der Waals surface area contributed by atoms with E-state index in [1.807, 2.05) is 6.07 Å². The van der Waals surface area contributed by atoms with Crippen LogP contribution in [0.2, 0.25) is 0 Å². The lowest BCUT2D eigenvalue weighted by Gasteiger charge is -2.14. The zero-order chi connectivity index (χ0) is 13.8. The second kappa shape index (κ2) is 5.79. The van der Waals surface area contributed by atoms with Crippen molar-refractivity contribution in [2.75, 3.05) is 20.0 Å². The SMILES string of the molecule is COc1cccc(OC)c1Oc1ncc(Br)cc1N. The molecule has 2 rings (SSSR count). The Balaban J connectivity index is 2.42. The molecule has 0 bridgehead atoms. The molecule has 0 atom stereocenters. The van der Waals surface area contributed by atoms with E-state index in [0.717, 1.165) is 4.47 Å². The highest BCUT2D eigenvalue weighted by Gasteiger charge is 2.14. The van der Waals surface area contributed by atoms with Gasteiger partial charge in [0.1, 0.15) is 0 Å². The van der Waals surface area contributed by atoms with Gasteiger partial charge in [-0.25, -0.2) is 4.98 Å². The van der Waals surface area contributed by atoms with Crippen LogP contribution in [-0.2, 0) is 0 Å². The molecule has 0 fully saturated rings. The number of nitrogen functional groups attached to an aromatic ring is 1. The number of halogens is 1. The first kappa shape index (κ1) is 13.5. The van der Waals surface area contributed by atoms with Crippen LogP contribution in [0.15, 0.2) is 34.9 Å². The highest BCUT2D eigenvalue weighted by atomic mass is 79.9. The maximum atomic E-state index is 5.85. The Morgan fingerprint density at radius 3 is 2.32 bits per heavy atom. The standard InChI is InChI=1S/C13H13BrN2O3/c1-17-10-4-3-5-11(18-2)12(10)19-13-9(15)6-8(14)7-16-13/h3-7H,15H2,1-2H3. The number of para-hydroxylation sites is 1. The fourth-order valence-corrected chi connectivity index (χ4v) is 1.89. The van der Waals surface area contributed by atoms with Crippen LogP contribution in [0.1, 0.15) is 0 Å². The minimum absolute atomic E-state index is 0.297. The quantitative estimate of drug-likeness (QED) is 0.935. The molecule has 5 nitrogen and oxygen atoms in total. The highest BCUT2D eigenvalue weighted by molar-refractivity contribution is 9.10. The van der Waals surface area contributed by atoms with Gasteiger partial charge in [0, 0.05) is 10.7 Å². The van der Waals surface area contributed by atoms with Gasteiger partial charge in [-0.3, -0.25) is 0 Å². The van der Waals surface area contributed by atoms with E-state index in [4.69, 9.17) is 19.9 Å². The lowest BCUT2D eigenvalue weighted by molar-refractivity contribution is 0.342. The highest BCUT2D eigenvalue weighted by Crippen LogP contribution is 2.40. The largest absolute Gasteiger partial charge is 0.493 e. The van der Waals surface area contributed by atoms with Crippen molar-refractivity contribution in [3.05, 3.63) is 34.9 Å². The van der Waals surface area contributed by atoms with Gasteiger partial charge in [0.05, 0.1) is 19.9 Å². The molecule has 19 heavy (non-hydrogen) atoms. The van der Waals surface area contributed by atoms with Gasteiger partial charge in [-0.2, -0.15) is 0 Å². The third-order valence-electron chi connectivity index (χ3n) is 2.43. The van der Waals surface area contributed by atoms with Gasteiger partial charge >= 0.3 is 0 Å². The molecule has 0 saturated carbocycles. The molecule has 0 saturated heterocycles. The minimum atomic E-state index is 0.297. The minimum Gasteiger partial charge on any atom is -0.493 e. The van der Waals surface area contributed by atoms with Crippen molar-refractivity contribution in [1.29, 1.82) is 0 Å². The first-order valence-electron chi connectivity index (χ1n) is 5.45. The molecule has 0 aliphatic carbocycles. The van der Waals surface area contributed by atoms with E-state index < -0.39 is 0 Å². The summed E-state index contributed by atoms with van der Waals surface area (Å²) >= 11 is 3.29. The number of nitrogens with two attached hydrogens (primary N) is 1. The Hall–Kier alpha value is -1.95. The Morgan fingerprint density at radius 2 is 1.79 bits per heavy atom. The summed E-state index contributed by atoms with van der Waals surface area (Å²) in [4.78, 5) is 4.12. The zero-order valence-corrected chi connectivity index (χ0v) is 12.1. The Kier molecular flexibility index (Phi) is 4.11. The predicted octanol–water partition coefficient (Wildman–Crippen LogP) is 3.24. The van der Waals surface area contributed by atoms with Crippen molar-refractivity contribution in [3.8, 4) is 23.1 Å². The fourth-order valence-electron chi connectivity index (χ4n) is 1.54. The number of rotatable bonds is 4. The average Bonchev–Trinajstić information content (AvgIpc) is 2.42. The number of anilines is 1. The Labute approximate surface area is 119 Å². The van der Waals surface area contributed by atoms with E-state index in [1.165, 1.54) is 0 Å². The van der Waals surface area contributed by atoms with E-state index in [9.17, 15) is 0 Å². The lowest BCUT2D eigenvalue weighted by Crippen LogP contribution is -1.98. The van der Waals surface area contributed by atoms with Crippen LogP contribution in [-0.4, -0.2) is 19.2 Å². The molecule has 1 heterocycles. The van der Waals surface area contributed by atoms with Crippen molar-refractivity contribution >= 4 is 21.6 Å². The summed E-state index contributed by atoms with van der Waals surface area (Å²) < 4.78 is 17.0. The van der Waals surface area contributed by atoms with E-state index >= 15 is 0 Å². The monoisotopic (exact) mass is 324 g/mol. The van der Waals surface area contributed by atoms with Crippen molar-refractivity contribution < 1.29 is 14.2 Å². The summed E-state index contributed by atoms with van der Waals surface area (Å²) in [6.07, 6.45) is 1.60. The third kappa shape index (κ3) is 2.90.